The van der Waals surface area contributed by atoms with Gasteiger partial charge in [-0.25, -0.2) is 0 Å². The van der Waals surface area contributed by atoms with Crippen molar-refractivity contribution in [1.29, 1.82) is 0 Å². The normalized spacial score (nSPS) is 23.0. The number of benzene rings is 1. The highest BCUT2D eigenvalue weighted by Gasteiger charge is 2.29. The van der Waals surface area contributed by atoms with Crippen LogP contribution in [-0.2, 0) is 0 Å². The number of halogens is 1. The Morgan fingerprint density at radius 2 is 2.33 bits per heavy atom. The summed E-state index contributed by atoms with van der Waals surface area (Å²) in [7, 11) is 0. The molecule has 3 nitrogen and oxygen atoms in total. The van der Waals surface area contributed by atoms with E-state index < -0.39 is 0 Å². The van der Waals surface area contributed by atoms with Gasteiger partial charge in [-0.3, -0.25) is 4.79 Å². The van der Waals surface area contributed by atoms with Crippen LogP contribution in [0.3, 0.4) is 0 Å². The van der Waals surface area contributed by atoms with E-state index in [2.05, 4.69) is 12.2 Å². The van der Waals surface area contributed by atoms with Crippen LogP contribution in [0.2, 0.25) is 5.02 Å². The molecule has 5 heteroatoms. The molecule has 18 heavy (non-hydrogen) atoms. The third-order valence-corrected chi connectivity index (χ3v) is 4.86. The first kappa shape index (κ1) is 13.6. The second-order valence-electron chi connectivity index (χ2n) is 4.86. The number of nitrogen functional groups attached to an aromatic ring is 1. The minimum atomic E-state index is -0.113. The molecule has 3 N–H and O–H groups in total. The summed E-state index contributed by atoms with van der Waals surface area (Å²) in [6.45, 7) is 2.88. The number of carbonyl (C=O) groups is 1. The van der Waals surface area contributed by atoms with Gasteiger partial charge in [0.25, 0.3) is 5.91 Å². The Bertz CT molecular complexity index is 438. The summed E-state index contributed by atoms with van der Waals surface area (Å²) in [5.74, 6) is 1.06. The molecular formula is C13H17ClN2OS. The lowest BCUT2D eigenvalue weighted by atomic mass is 10.1. The van der Waals surface area contributed by atoms with Crippen LogP contribution in [0, 0.1) is 0 Å². The van der Waals surface area contributed by atoms with Crippen LogP contribution in [0.1, 0.15) is 30.1 Å². The molecule has 1 heterocycles. The van der Waals surface area contributed by atoms with E-state index in [1.54, 1.807) is 18.2 Å². The van der Waals surface area contributed by atoms with Gasteiger partial charge in [0.2, 0.25) is 0 Å². The number of amides is 1. The number of rotatable bonds is 3. The molecule has 98 valence electrons. The zero-order valence-corrected chi connectivity index (χ0v) is 11.9. The third kappa shape index (κ3) is 3.33. The van der Waals surface area contributed by atoms with Gasteiger partial charge in [0.1, 0.15) is 0 Å². The van der Waals surface area contributed by atoms with E-state index in [-0.39, 0.29) is 10.7 Å². The quantitative estimate of drug-likeness (QED) is 0.839. The summed E-state index contributed by atoms with van der Waals surface area (Å²) in [6, 6.07) is 4.91. The van der Waals surface area contributed by atoms with Gasteiger partial charge < -0.3 is 11.1 Å². The Morgan fingerprint density at radius 3 is 2.94 bits per heavy atom. The van der Waals surface area contributed by atoms with E-state index in [4.69, 9.17) is 17.3 Å². The zero-order chi connectivity index (χ0) is 13.2. The zero-order valence-electron chi connectivity index (χ0n) is 10.3. The predicted molar refractivity (Wildman–Crippen MR) is 78.3 cm³/mol. The second kappa shape index (κ2) is 5.41. The first-order valence-electron chi connectivity index (χ1n) is 5.97. The van der Waals surface area contributed by atoms with Gasteiger partial charge >= 0.3 is 0 Å². The average molecular weight is 285 g/mol. The van der Waals surface area contributed by atoms with Crippen molar-refractivity contribution in [3.63, 3.8) is 0 Å². The minimum Gasteiger partial charge on any atom is -0.399 e. The fraction of sp³-hybridized carbons (Fsp3) is 0.462. The maximum absolute atomic E-state index is 12.0. The molecule has 0 aliphatic carbocycles. The predicted octanol–water partition coefficient (Wildman–Crippen LogP) is 2.94. The Labute approximate surface area is 116 Å². The Balaban J connectivity index is 1.99. The van der Waals surface area contributed by atoms with E-state index in [9.17, 15) is 4.79 Å². The van der Waals surface area contributed by atoms with Crippen molar-refractivity contribution in [2.24, 2.45) is 0 Å². The molecule has 1 aromatic rings. The van der Waals surface area contributed by atoms with Crippen molar-refractivity contribution in [2.75, 3.05) is 18.0 Å². The molecule has 1 aromatic carbocycles. The minimum absolute atomic E-state index is 0.113. The SMILES string of the molecule is CC1(CNC(=O)c2cc(N)cc(Cl)c2)CCCS1. The summed E-state index contributed by atoms with van der Waals surface area (Å²) < 4.78 is 0.166. The Hall–Kier alpha value is -0.870. The standard InChI is InChI=1S/C13H17ClN2OS/c1-13(3-2-4-18-13)8-16-12(17)9-5-10(14)7-11(15)6-9/h5-7H,2-4,8,15H2,1H3,(H,16,17). The maximum atomic E-state index is 12.0. The maximum Gasteiger partial charge on any atom is 0.251 e. The molecule has 1 amide bonds. The van der Waals surface area contributed by atoms with E-state index in [0.717, 1.165) is 6.42 Å². The Kier molecular flexibility index (Phi) is 4.07. The lowest BCUT2D eigenvalue weighted by Crippen LogP contribution is -2.36. The number of carbonyl (C=O) groups excluding carboxylic acids is 1. The molecule has 1 aliphatic rings. The number of hydrogen-bond donors (Lipinski definition) is 2. The highest BCUT2D eigenvalue weighted by molar-refractivity contribution is 8.00. The highest BCUT2D eigenvalue weighted by atomic mass is 35.5. The van der Waals surface area contributed by atoms with E-state index in [1.807, 2.05) is 11.8 Å². The van der Waals surface area contributed by atoms with Crippen molar-refractivity contribution in [3.05, 3.63) is 28.8 Å². The molecule has 0 spiro atoms. The van der Waals surface area contributed by atoms with Gasteiger partial charge in [-0.05, 0) is 43.7 Å². The molecule has 2 rings (SSSR count). The van der Waals surface area contributed by atoms with Crippen LogP contribution in [0.25, 0.3) is 0 Å². The summed E-state index contributed by atoms with van der Waals surface area (Å²) >= 11 is 7.81. The molecule has 1 saturated heterocycles. The molecule has 0 bridgehead atoms. The van der Waals surface area contributed by atoms with Crippen LogP contribution >= 0.6 is 23.4 Å². The van der Waals surface area contributed by atoms with Crippen molar-refractivity contribution in [3.8, 4) is 0 Å². The summed E-state index contributed by atoms with van der Waals surface area (Å²) in [5, 5.41) is 3.45. The fourth-order valence-corrected chi connectivity index (χ4v) is 3.58. The summed E-state index contributed by atoms with van der Waals surface area (Å²) in [5.41, 5.74) is 6.70. The molecule has 0 saturated carbocycles. The fourth-order valence-electron chi connectivity index (χ4n) is 2.09. The molecule has 1 aliphatic heterocycles. The second-order valence-corrected chi connectivity index (χ2v) is 6.98. The molecule has 0 radical (unpaired) electrons. The molecule has 1 atom stereocenters. The van der Waals surface area contributed by atoms with Gasteiger partial charge in [-0.2, -0.15) is 11.8 Å². The van der Waals surface area contributed by atoms with E-state index in [1.165, 1.54) is 12.2 Å². The van der Waals surface area contributed by atoms with Crippen LogP contribution < -0.4 is 11.1 Å². The van der Waals surface area contributed by atoms with Gasteiger partial charge in [-0.15, -0.1) is 0 Å². The highest BCUT2D eigenvalue weighted by Crippen LogP contribution is 2.37. The monoisotopic (exact) mass is 284 g/mol. The van der Waals surface area contributed by atoms with Crippen molar-refractivity contribution < 1.29 is 4.79 Å². The van der Waals surface area contributed by atoms with Crippen molar-refractivity contribution in [2.45, 2.75) is 24.5 Å². The van der Waals surface area contributed by atoms with E-state index in [0.29, 0.717) is 22.8 Å². The molecular weight excluding hydrogens is 268 g/mol. The number of anilines is 1. The number of nitrogens with two attached hydrogens (primary N) is 1. The Morgan fingerprint density at radius 1 is 1.56 bits per heavy atom. The number of hydrogen-bond acceptors (Lipinski definition) is 3. The van der Waals surface area contributed by atoms with Crippen LogP contribution in [0.4, 0.5) is 5.69 Å². The lowest BCUT2D eigenvalue weighted by molar-refractivity contribution is 0.0950. The van der Waals surface area contributed by atoms with E-state index >= 15 is 0 Å². The first-order valence-corrected chi connectivity index (χ1v) is 7.33. The number of nitrogens with one attached hydrogen (secondary N) is 1. The van der Waals surface area contributed by atoms with Crippen LogP contribution in [-0.4, -0.2) is 23.0 Å². The first-order chi connectivity index (χ1) is 8.48. The summed E-state index contributed by atoms with van der Waals surface area (Å²) in [4.78, 5) is 12.0. The lowest BCUT2D eigenvalue weighted by Gasteiger charge is -2.22. The van der Waals surface area contributed by atoms with Gasteiger partial charge in [0.05, 0.1) is 0 Å². The van der Waals surface area contributed by atoms with Gasteiger partial charge in [0, 0.05) is 27.6 Å². The van der Waals surface area contributed by atoms with Crippen LogP contribution in [0.5, 0.6) is 0 Å². The molecule has 1 fully saturated rings. The van der Waals surface area contributed by atoms with Crippen LogP contribution in [0.15, 0.2) is 18.2 Å². The van der Waals surface area contributed by atoms with Crippen molar-refractivity contribution in [1.82, 2.24) is 5.32 Å². The van der Waals surface area contributed by atoms with Crippen molar-refractivity contribution >= 4 is 35.0 Å². The van der Waals surface area contributed by atoms with Gasteiger partial charge in [-0.1, -0.05) is 11.6 Å². The summed E-state index contributed by atoms with van der Waals surface area (Å²) in [6.07, 6.45) is 2.37. The molecule has 0 aromatic heterocycles. The topological polar surface area (TPSA) is 55.1 Å². The third-order valence-electron chi connectivity index (χ3n) is 3.11. The smallest absolute Gasteiger partial charge is 0.251 e. The molecule has 1 unspecified atom stereocenters. The van der Waals surface area contributed by atoms with Gasteiger partial charge in [0.15, 0.2) is 0 Å². The average Bonchev–Trinajstić information content (AvgIpc) is 2.72. The number of thioether (sulfide) groups is 1. The largest absolute Gasteiger partial charge is 0.399 e.